The molecule has 4 bridgehead atoms. The summed E-state index contributed by atoms with van der Waals surface area (Å²) >= 11 is 0. The van der Waals surface area contributed by atoms with Gasteiger partial charge in [0.1, 0.15) is 17.9 Å². The number of H-pyrrole nitrogens is 1. The van der Waals surface area contributed by atoms with Crippen LogP contribution in [0.4, 0.5) is 0 Å². The van der Waals surface area contributed by atoms with E-state index in [-0.39, 0.29) is 36.5 Å². The van der Waals surface area contributed by atoms with Crippen LogP contribution >= 0.6 is 0 Å². The van der Waals surface area contributed by atoms with Crippen molar-refractivity contribution in [1.29, 1.82) is 0 Å². The van der Waals surface area contributed by atoms with E-state index in [1.54, 1.807) is 0 Å². The summed E-state index contributed by atoms with van der Waals surface area (Å²) in [6.45, 7) is -0.240. The third-order valence-corrected chi connectivity index (χ3v) is 7.74. The number of carbonyl (C=O) groups is 1. The van der Waals surface area contributed by atoms with E-state index < -0.39 is 29.7 Å². The topological polar surface area (TPSA) is 134 Å². The number of aromatic nitrogens is 2. The summed E-state index contributed by atoms with van der Waals surface area (Å²) in [5, 5.41) is 22.1. The van der Waals surface area contributed by atoms with Crippen molar-refractivity contribution in [2.24, 2.45) is 23.2 Å². The number of carbonyl (C=O) groups excluding carboxylic acids is 1. The minimum atomic E-state index is -0.904. The molecule has 0 spiro atoms. The molecule has 5 fully saturated rings. The van der Waals surface area contributed by atoms with Gasteiger partial charge >= 0.3 is 5.69 Å². The molecule has 1 amide bonds. The van der Waals surface area contributed by atoms with E-state index in [0.29, 0.717) is 17.8 Å². The molecule has 9 heteroatoms. The van der Waals surface area contributed by atoms with Gasteiger partial charge in [-0.3, -0.25) is 19.1 Å². The summed E-state index contributed by atoms with van der Waals surface area (Å²) in [6.07, 6.45) is 5.66. The maximum atomic E-state index is 13.0. The van der Waals surface area contributed by atoms with Crippen molar-refractivity contribution in [2.45, 2.75) is 63.4 Å². The highest BCUT2D eigenvalue weighted by Crippen LogP contribution is 2.60. The monoisotopic (exact) mass is 443 g/mol. The first-order valence-electron chi connectivity index (χ1n) is 11.4. The summed E-state index contributed by atoms with van der Waals surface area (Å²) in [6, 6.07) is 0. The Bertz CT molecular complexity index is 1040. The van der Waals surface area contributed by atoms with E-state index in [1.807, 2.05) is 0 Å². The fourth-order valence-corrected chi connectivity index (χ4v) is 6.68. The van der Waals surface area contributed by atoms with Gasteiger partial charge in [-0.05, 0) is 56.3 Å². The van der Waals surface area contributed by atoms with E-state index in [0.717, 1.165) is 23.8 Å². The van der Waals surface area contributed by atoms with E-state index in [2.05, 4.69) is 22.1 Å². The van der Waals surface area contributed by atoms with Crippen molar-refractivity contribution in [3.05, 3.63) is 32.6 Å². The average Bonchev–Trinajstić information content (AvgIpc) is 3.11. The van der Waals surface area contributed by atoms with Crippen LogP contribution in [0, 0.1) is 35.0 Å². The standard InChI is InChI=1S/C23H29N3O6/c27-12-18-17(28)7-19(32-18)26-11-16(20(29)25-22(26)31)2-1-3-24-21(30)23-8-13-4-14(9-23)6-15(5-13)10-23/h11,13-15,17-19,27-28H,3-10,12H2,(H,24,30)(H,25,29,31)/t13?,14?,15?,17-,18+,19+,23?/m0/s1. The number of amides is 1. The maximum absolute atomic E-state index is 13.0. The Morgan fingerprint density at radius 3 is 2.44 bits per heavy atom. The second-order valence-electron chi connectivity index (χ2n) is 10.0. The van der Waals surface area contributed by atoms with Gasteiger partial charge in [-0.25, -0.2) is 4.79 Å². The maximum Gasteiger partial charge on any atom is 0.330 e. The second-order valence-corrected chi connectivity index (χ2v) is 10.0. The summed E-state index contributed by atoms with van der Waals surface area (Å²) in [4.78, 5) is 39.5. The van der Waals surface area contributed by atoms with Crippen LogP contribution in [0.25, 0.3) is 0 Å². The lowest BCUT2D eigenvalue weighted by Gasteiger charge is -2.55. The van der Waals surface area contributed by atoms with E-state index in [4.69, 9.17) is 4.74 Å². The summed E-state index contributed by atoms with van der Waals surface area (Å²) in [7, 11) is 0. The molecule has 1 aliphatic heterocycles. The Kier molecular flexibility index (Phi) is 5.48. The van der Waals surface area contributed by atoms with Crippen LogP contribution in [0.15, 0.2) is 15.8 Å². The molecule has 172 valence electrons. The smallest absolute Gasteiger partial charge is 0.330 e. The van der Waals surface area contributed by atoms with Gasteiger partial charge in [0, 0.05) is 18.0 Å². The lowest BCUT2D eigenvalue weighted by molar-refractivity contribution is -0.145. The van der Waals surface area contributed by atoms with Crippen molar-refractivity contribution >= 4 is 5.91 Å². The molecule has 4 aliphatic carbocycles. The molecule has 1 aromatic rings. The minimum absolute atomic E-state index is 0.0687. The molecule has 1 aromatic heterocycles. The van der Waals surface area contributed by atoms with Gasteiger partial charge < -0.3 is 20.3 Å². The highest BCUT2D eigenvalue weighted by molar-refractivity contribution is 5.83. The molecule has 5 aliphatic rings. The quantitative estimate of drug-likeness (QED) is 0.479. The molecule has 32 heavy (non-hydrogen) atoms. The Morgan fingerprint density at radius 1 is 1.19 bits per heavy atom. The number of rotatable bonds is 4. The van der Waals surface area contributed by atoms with Crippen molar-refractivity contribution in [3.63, 3.8) is 0 Å². The highest BCUT2D eigenvalue weighted by Gasteiger charge is 2.54. The molecule has 0 radical (unpaired) electrons. The lowest BCUT2D eigenvalue weighted by Crippen LogP contribution is -2.53. The largest absolute Gasteiger partial charge is 0.394 e. The van der Waals surface area contributed by atoms with E-state index in [1.165, 1.54) is 25.5 Å². The number of aromatic amines is 1. The van der Waals surface area contributed by atoms with Gasteiger partial charge in [0.15, 0.2) is 0 Å². The number of hydrogen-bond acceptors (Lipinski definition) is 6. The second kappa shape index (κ2) is 8.18. The van der Waals surface area contributed by atoms with Crippen LogP contribution in [-0.4, -0.2) is 51.0 Å². The van der Waals surface area contributed by atoms with Crippen molar-refractivity contribution < 1.29 is 19.7 Å². The molecule has 9 nitrogen and oxygen atoms in total. The molecule has 2 heterocycles. The Labute approximate surface area is 185 Å². The highest BCUT2D eigenvalue weighted by atomic mass is 16.5. The molecular formula is C23H29N3O6. The zero-order valence-corrected chi connectivity index (χ0v) is 17.9. The molecular weight excluding hydrogens is 414 g/mol. The minimum Gasteiger partial charge on any atom is -0.394 e. The Balaban J connectivity index is 1.26. The third kappa shape index (κ3) is 3.81. The fourth-order valence-electron chi connectivity index (χ4n) is 6.68. The molecule has 4 N–H and O–H groups in total. The third-order valence-electron chi connectivity index (χ3n) is 7.74. The fraction of sp³-hybridized carbons (Fsp3) is 0.696. The summed E-state index contributed by atoms with van der Waals surface area (Å²) in [5.74, 6) is 7.68. The predicted molar refractivity (Wildman–Crippen MR) is 113 cm³/mol. The van der Waals surface area contributed by atoms with Crippen molar-refractivity contribution in [1.82, 2.24) is 14.9 Å². The number of hydrogen-bond donors (Lipinski definition) is 4. The number of nitrogens with zero attached hydrogens (tertiary/aromatic N) is 1. The lowest BCUT2D eigenvalue weighted by atomic mass is 9.49. The van der Waals surface area contributed by atoms with Gasteiger partial charge in [-0.1, -0.05) is 11.8 Å². The number of ether oxygens (including phenoxy) is 1. The Morgan fingerprint density at radius 2 is 1.84 bits per heavy atom. The van der Waals surface area contributed by atoms with Crippen LogP contribution in [0.1, 0.15) is 56.7 Å². The first-order valence-corrected chi connectivity index (χ1v) is 11.4. The van der Waals surface area contributed by atoms with Crippen LogP contribution in [0.5, 0.6) is 0 Å². The summed E-state index contributed by atoms with van der Waals surface area (Å²) in [5.41, 5.74) is -1.47. The van der Waals surface area contributed by atoms with Gasteiger partial charge in [0.25, 0.3) is 5.56 Å². The number of aliphatic hydroxyl groups excluding tert-OH is 2. The molecule has 1 saturated heterocycles. The number of aliphatic hydroxyl groups is 2. The normalized spacial score (nSPS) is 37.2. The van der Waals surface area contributed by atoms with Gasteiger partial charge in [0.05, 0.1) is 19.3 Å². The Hall–Kier alpha value is -2.41. The first-order chi connectivity index (χ1) is 15.4. The van der Waals surface area contributed by atoms with Crippen LogP contribution in [-0.2, 0) is 9.53 Å². The SMILES string of the molecule is O=C(NCC#Cc1cn([C@H]2C[C@H](O)[C@@H](CO)O2)c(=O)[nH]c1=O)C12CC3CC(CC(C3)C1)C2. The van der Waals surface area contributed by atoms with Crippen molar-refractivity contribution in [3.8, 4) is 11.8 Å². The van der Waals surface area contributed by atoms with Gasteiger partial charge in [-0.15, -0.1) is 0 Å². The zero-order valence-electron chi connectivity index (χ0n) is 17.9. The first kappa shape index (κ1) is 21.4. The van der Waals surface area contributed by atoms with Crippen LogP contribution in [0.2, 0.25) is 0 Å². The zero-order chi connectivity index (χ0) is 22.5. The van der Waals surface area contributed by atoms with Gasteiger partial charge in [-0.2, -0.15) is 0 Å². The van der Waals surface area contributed by atoms with Crippen molar-refractivity contribution in [2.75, 3.05) is 13.2 Å². The molecule has 6 rings (SSSR count). The predicted octanol–water partition coefficient (Wildman–Crippen LogP) is -0.139. The van der Waals surface area contributed by atoms with E-state index >= 15 is 0 Å². The molecule has 4 saturated carbocycles. The van der Waals surface area contributed by atoms with Crippen LogP contribution < -0.4 is 16.6 Å². The summed E-state index contributed by atoms with van der Waals surface area (Å²) < 4.78 is 6.66. The van der Waals surface area contributed by atoms with Gasteiger partial charge in [0.2, 0.25) is 5.91 Å². The average molecular weight is 444 g/mol. The molecule has 0 aromatic carbocycles. The van der Waals surface area contributed by atoms with E-state index in [9.17, 15) is 24.6 Å². The molecule has 3 atom stereocenters. The molecule has 0 unspecified atom stereocenters. The number of nitrogens with one attached hydrogen (secondary N) is 2. The van der Waals surface area contributed by atoms with Crippen LogP contribution in [0.3, 0.4) is 0 Å².